The van der Waals surface area contributed by atoms with Gasteiger partial charge in [0.2, 0.25) is 0 Å². The lowest BCUT2D eigenvalue weighted by Gasteiger charge is -2.65. The normalized spacial score (nSPS) is 56.9. The molecule has 5 heterocycles. The predicted molar refractivity (Wildman–Crippen MR) is 115 cm³/mol. The summed E-state index contributed by atoms with van der Waals surface area (Å²) in [6.07, 6.45) is 1.60. The van der Waals surface area contributed by atoms with Crippen LogP contribution in [-0.4, -0.2) is 67.1 Å². The molecule has 0 amide bonds. The van der Waals surface area contributed by atoms with Crippen LogP contribution < -0.4 is 0 Å². The number of esters is 2. The molecule has 7 aliphatic rings. The average molecular weight is 475 g/mol. The zero-order valence-corrected chi connectivity index (χ0v) is 20.4. The highest BCUT2D eigenvalue weighted by Gasteiger charge is 2.89. The van der Waals surface area contributed by atoms with E-state index in [2.05, 4.69) is 6.92 Å². The molecule has 186 valence electrons. The van der Waals surface area contributed by atoms with Crippen molar-refractivity contribution in [3.63, 3.8) is 0 Å². The molecule has 0 N–H and O–H groups in total. The predicted octanol–water partition coefficient (Wildman–Crippen LogP) is 2.21. The Bertz CT molecular complexity index is 1000. The molecule has 2 spiro atoms. The molecular formula is C26H34O8. The lowest BCUT2D eigenvalue weighted by Crippen LogP contribution is -2.74. The number of rotatable bonds is 1. The number of hydrogen-bond acceptors (Lipinski definition) is 8. The van der Waals surface area contributed by atoms with Crippen molar-refractivity contribution in [1.82, 2.24) is 0 Å². The molecule has 7 fully saturated rings. The molecular weight excluding hydrogens is 440 g/mol. The molecule has 0 unspecified atom stereocenters. The van der Waals surface area contributed by atoms with Crippen molar-refractivity contribution in [2.45, 2.75) is 89.3 Å². The Balaban J connectivity index is 1.38. The molecule has 10 atom stereocenters. The quantitative estimate of drug-likeness (QED) is 0.421. The van der Waals surface area contributed by atoms with Gasteiger partial charge < -0.3 is 23.7 Å². The van der Waals surface area contributed by atoms with Crippen LogP contribution in [0.2, 0.25) is 0 Å². The van der Waals surface area contributed by atoms with Crippen LogP contribution in [0.5, 0.6) is 0 Å². The monoisotopic (exact) mass is 474 g/mol. The number of epoxide rings is 1. The Labute approximate surface area is 199 Å². The lowest BCUT2D eigenvalue weighted by molar-refractivity contribution is -0.229. The maximum atomic E-state index is 14.3. The van der Waals surface area contributed by atoms with Crippen LogP contribution in [0.1, 0.15) is 59.8 Å². The van der Waals surface area contributed by atoms with Crippen LogP contribution in [0.3, 0.4) is 0 Å². The fourth-order valence-electron chi connectivity index (χ4n) is 9.92. The smallest absolute Gasteiger partial charge is 0.338 e. The second-order valence-electron chi connectivity index (χ2n) is 12.8. The Hall–Kier alpha value is -1.51. The van der Waals surface area contributed by atoms with Gasteiger partial charge in [0.05, 0.1) is 30.1 Å². The zero-order chi connectivity index (χ0) is 23.9. The number of ether oxygens (including phenoxy) is 5. The van der Waals surface area contributed by atoms with Crippen molar-refractivity contribution < 1.29 is 38.1 Å². The summed E-state index contributed by atoms with van der Waals surface area (Å²) in [6.45, 7) is 9.75. The van der Waals surface area contributed by atoms with Crippen LogP contribution in [0, 0.1) is 34.0 Å². The van der Waals surface area contributed by atoms with Gasteiger partial charge in [-0.15, -0.1) is 0 Å². The second kappa shape index (κ2) is 6.24. The standard InChI is InChI=1S/C26H34O8/c1-22(2)15-9-16(27)24(4)14(25(15)12-31-18(28)10-17(25)33-22)5-7-23(3)19(13-6-8-30-11-13)32-21(29)20-26(23,24)34-20/h13-15,17,19-20H,5-12H2,1-4H3/t13-,14+,15+,17+,19+,20-,23+,24+,25-,26-/m1/s1. The van der Waals surface area contributed by atoms with E-state index in [-0.39, 0.29) is 60.7 Å². The summed E-state index contributed by atoms with van der Waals surface area (Å²) in [5.74, 6) is -0.484. The maximum Gasteiger partial charge on any atom is 0.338 e. The molecule has 8 heteroatoms. The van der Waals surface area contributed by atoms with Gasteiger partial charge in [-0.2, -0.15) is 0 Å². The van der Waals surface area contributed by atoms with Crippen LogP contribution in [0.15, 0.2) is 0 Å². The summed E-state index contributed by atoms with van der Waals surface area (Å²) < 4.78 is 30.4. The van der Waals surface area contributed by atoms with E-state index in [9.17, 15) is 14.4 Å². The van der Waals surface area contributed by atoms with Crippen molar-refractivity contribution in [1.29, 1.82) is 0 Å². The molecule has 0 radical (unpaired) electrons. The first-order chi connectivity index (χ1) is 16.0. The molecule has 5 saturated heterocycles. The molecule has 5 aliphatic heterocycles. The summed E-state index contributed by atoms with van der Waals surface area (Å²) >= 11 is 0. The molecule has 0 aromatic rings. The van der Waals surface area contributed by atoms with E-state index in [1.807, 2.05) is 20.8 Å². The third-order valence-electron chi connectivity index (χ3n) is 11.3. The van der Waals surface area contributed by atoms with Gasteiger partial charge in [0.1, 0.15) is 24.1 Å². The largest absolute Gasteiger partial charge is 0.465 e. The summed E-state index contributed by atoms with van der Waals surface area (Å²) in [4.78, 5) is 39.7. The highest BCUT2D eigenvalue weighted by Crippen LogP contribution is 2.78. The number of ketones is 1. The molecule has 0 aromatic heterocycles. The van der Waals surface area contributed by atoms with Gasteiger partial charge in [-0.1, -0.05) is 6.92 Å². The van der Waals surface area contributed by atoms with Gasteiger partial charge in [0.15, 0.2) is 6.10 Å². The topological polar surface area (TPSA) is 101 Å². The van der Waals surface area contributed by atoms with Crippen LogP contribution >= 0.6 is 0 Å². The summed E-state index contributed by atoms with van der Waals surface area (Å²) in [5.41, 5.74) is -3.26. The van der Waals surface area contributed by atoms with Gasteiger partial charge in [0.25, 0.3) is 0 Å². The van der Waals surface area contributed by atoms with Crippen molar-refractivity contribution in [2.75, 3.05) is 19.8 Å². The van der Waals surface area contributed by atoms with Crippen molar-refractivity contribution in [2.24, 2.45) is 34.0 Å². The number of cyclic esters (lactones) is 2. The SMILES string of the molecule is CC1(C)O[C@H]2CC(=O)OC[C@]23[C@H]2CC[C@@]4(C)[C@H]([C@@H]5CCOC5)OC(=O)[C@H]5O[C@]54[C@]2(C)C(=O)C[C@@H]13. The van der Waals surface area contributed by atoms with Crippen molar-refractivity contribution in [3.05, 3.63) is 0 Å². The van der Waals surface area contributed by atoms with Crippen LogP contribution in [-0.2, 0) is 38.1 Å². The average Bonchev–Trinajstić information content (AvgIpc) is 3.26. The summed E-state index contributed by atoms with van der Waals surface area (Å²) in [5, 5.41) is 0. The first-order valence-corrected chi connectivity index (χ1v) is 12.9. The summed E-state index contributed by atoms with van der Waals surface area (Å²) in [7, 11) is 0. The number of hydrogen-bond donors (Lipinski definition) is 0. The van der Waals surface area contributed by atoms with E-state index in [4.69, 9.17) is 23.7 Å². The Kier molecular flexibility index (Phi) is 3.99. The Morgan fingerprint density at radius 2 is 1.74 bits per heavy atom. The highest BCUT2D eigenvalue weighted by molar-refractivity contribution is 5.93. The van der Waals surface area contributed by atoms with Crippen molar-refractivity contribution >= 4 is 17.7 Å². The molecule has 7 rings (SSSR count). The Morgan fingerprint density at radius 3 is 2.47 bits per heavy atom. The van der Waals surface area contributed by atoms with Gasteiger partial charge in [-0.25, -0.2) is 4.79 Å². The van der Waals surface area contributed by atoms with E-state index >= 15 is 0 Å². The van der Waals surface area contributed by atoms with E-state index in [0.29, 0.717) is 19.6 Å². The third kappa shape index (κ3) is 2.13. The van der Waals surface area contributed by atoms with Crippen molar-refractivity contribution in [3.8, 4) is 0 Å². The third-order valence-corrected chi connectivity index (χ3v) is 11.3. The minimum Gasteiger partial charge on any atom is -0.465 e. The number of carbonyl (C=O) groups is 3. The zero-order valence-electron chi connectivity index (χ0n) is 20.4. The fraction of sp³-hybridized carbons (Fsp3) is 0.885. The summed E-state index contributed by atoms with van der Waals surface area (Å²) in [6, 6.07) is 0. The maximum absolute atomic E-state index is 14.3. The second-order valence-corrected chi connectivity index (χ2v) is 12.8. The molecule has 34 heavy (non-hydrogen) atoms. The van der Waals surface area contributed by atoms with E-state index in [0.717, 1.165) is 19.3 Å². The lowest BCUT2D eigenvalue weighted by atomic mass is 9.37. The number of carbonyl (C=O) groups excluding carboxylic acids is 3. The molecule has 0 aromatic carbocycles. The molecule has 2 aliphatic carbocycles. The van der Waals surface area contributed by atoms with Crippen LogP contribution in [0.25, 0.3) is 0 Å². The minimum atomic E-state index is -0.902. The minimum absolute atomic E-state index is 0.0452. The van der Waals surface area contributed by atoms with E-state index in [1.54, 1.807) is 0 Å². The highest BCUT2D eigenvalue weighted by atomic mass is 16.7. The number of fused-ring (bicyclic) bond motifs is 1. The fourth-order valence-corrected chi connectivity index (χ4v) is 9.92. The van der Waals surface area contributed by atoms with Gasteiger partial charge in [-0.05, 0) is 46.0 Å². The number of Topliss-reactive ketones (excluding diaryl/α,β-unsaturated/α-hetero) is 1. The first kappa shape index (κ1) is 21.7. The van der Waals surface area contributed by atoms with E-state index < -0.39 is 33.6 Å². The molecule has 2 saturated carbocycles. The Morgan fingerprint density at radius 1 is 0.941 bits per heavy atom. The molecule has 0 bridgehead atoms. The first-order valence-electron chi connectivity index (χ1n) is 12.9. The van der Waals surface area contributed by atoms with Gasteiger partial charge in [-0.3, -0.25) is 9.59 Å². The van der Waals surface area contributed by atoms with Gasteiger partial charge in [0, 0.05) is 35.7 Å². The van der Waals surface area contributed by atoms with E-state index in [1.165, 1.54) is 0 Å². The van der Waals surface area contributed by atoms with Gasteiger partial charge >= 0.3 is 11.9 Å². The molecule has 8 nitrogen and oxygen atoms in total. The van der Waals surface area contributed by atoms with Crippen LogP contribution in [0.4, 0.5) is 0 Å².